The summed E-state index contributed by atoms with van der Waals surface area (Å²) in [5, 5.41) is 1.44. The lowest BCUT2D eigenvalue weighted by atomic mass is 9.94. The predicted molar refractivity (Wildman–Crippen MR) is 115 cm³/mol. The number of nitrogens with zero attached hydrogens (tertiary/aromatic N) is 6. The molecule has 1 atom stereocenters. The molecule has 5 heterocycles. The van der Waals surface area contributed by atoms with Crippen molar-refractivity contribution in [1.29, 1.82) is 0 Å². The van der Waals surface area contributed by atoms with Crippen LogP contribution >= 0.6 is 11.6 Å². The third kappa shape index (κ3) is 3.14. The third-order valence-corrected chi connectivity index (χ3v) is 5.36. The van der Waals surface area contributed by atoms with Gasteiger partial charge < -0.3 is 15.7 Å². The normalized spacial score (nSPS) is 12.2. The molecule has 4 N–H and O–H groups in total. The van der Waals surface area contributed by atoms with Crippen molar-refractivity contribution in [3.05, 3.63) is 59.7 Å². The second kappa shape index (κ2) is 7.69. The van der Waals surface area contributed by atoms with Crippen molar-refractivity contribution in [1.82, 2.24) is 41.0 Å². The SMILES string of the molecule is CCC(c1nc(N)c2nc[nH]c2n1)c1cc(-c2c[nH]c3ncccc23)cnc1Cl.[N]. The lowest BCUT2D eigenvalue weighted by molar-refractivity contribution is 0.720. The number of H-pyrrole nitrogens is 2. The van der Waals surface area contributed by atoms with E-state index in [1.165, 1.54) is 0 Å². The molecule has 0 saturated carbocycles. The lowest BCUT2D eigenvalue weighted by Crippen LogP contribution is -2.09. The Morgan fingerprint density at radius 2 is 2.00 bits per heavy atom. The molecule has 0 aliphatic carbocycles. The average Bonchev–Trinajstić information content (AvgIpc) is 3.37. The number of pyridine rings is 2. The molecule has 0 amide bonds. The van der Waals surface area contributed by atoms with Gasteiger partial charge in [-0.15, -0.1) is 0 Å². The van der Waals surface area contributed by atoms with Crippen LogP contribution in [0.5, 0.6) is 0 Å². The van der Waals surface area contributed by atoms with E-state index in [-0.39, 0.29) is 12.1 Å². The van der Waals surface area contributed by atoms with Crippen molar-refractivity contribution < 1.29 is 0 Å². The smallest absolute Gasteiger partial charge is 0.163 e. The Balaban J connectivity index is 0.00000218. The Labute approximate surface area is 176 Å². The van der Waals surface area contributed by atoms with E-state index < -0.39 is 0 Å². The van der Waals surface area contributed by atoms with Crippen LogP contribution in [0.2, 0.25) is 5.15 Å². The first kappa shape index (κ1) is 19.7. The number of anilines is 1. The van der Waals surface area contributed by atoms with Crippen molar-refractivity contribution >= 4 is 39.6 Å². The van der Waals surface area contributed by atoms with E-state index in [0.717, 1.165) is 34.1 Å². The molecule has 0 fully saturated rings. The van der Waals surface area contributed by atoms with Gasteiger partial charge in [0.2, 0.25) is 0 Å². The molecule has 0 aromatic carbocycles. The van der Waals surface area contributed by atoms with Gasteiger partial charge >= 0.3 is 0 Å². The van der Waals surface area contributed by atoms with E-state index in [1.54, 1.807) is 18.7 Å². The quantitative estimate of drug-likeness (QED) is 0.379. The van der Waals surface area contributed by atoms with Crippen molar-refractivity contribution in [2.24, 2.45) is 0 Å². The molecule has 149 valence electrons. The molecule has 5 rings (SSSR count). The second-order valence-corrected chi connectivity index (χ2v) is 7.09. The number of aromatic nitrogens is 7. The van der Waals surface area contributed by atoms with Crippen LogP contribution in [-0.4, -0.2) is 34.9 Å². The summed E-state index contributed by atoms with van der Waals surface area (Å²) in [5.74, 6) is 0.768. The highest BCUT2D eigenvalue weighted by Crippen LogP contribution is 2.35. The topological polar surface area (TPSA) is 153 Å². The molecule has 0 aliphatic heterocycles. The van der Waals surface area contributed by atoms with Crippen LogP contribution in [0.1, 0.15) is 30.7 Å². The molecule has 30 heavy (non-hydrogen) atoms. The van der Waals surface area contributed by atoms with Crippen molar-refractivity contribution in [3.63, 3.8) is 0 Å². The van der Waals surface area contributed by atoms with Crippen LogP contribution < -0.4 is 11.9 Å². The van der Waals surface area contributed by atoms with Crippen molar-refractivity contribution in [2.45, 2.75) is 19.3 Å². The number of imidazole rings is 1. The fraction of sp³-hybridized carbons (Fsp3) is 0.150. The van der Waals surface area contributed by atoms with Gasteiger partial charge in [0.1, 0.15) is 22.1 Å². The summed E-state index contributed by atoms with van der Waals surface area (Å²) in [5.41, 5.74) is 10.9. The molecule has 0 bridgehead atoms. The van der Waals surface area contributed by atoms with E-state index in [9.17, 15) is 0 Å². The third-order valence-electron chi connectivity index (χ3n) is 5.05. The summed E-state index contributed by atoms with van der Waals surface area (Å²) in [4.78, 5) is 28.2. The van der Waals surface area contributed by atoms with Gasteiger partial charge in [-0.1, -0.05) is 18.5 Å². The highest BCUT2D eigenvalue weighted by Gasteiger charge is 2.22. The Bertz CT molecular complexity index is 1340. The number of nitrogens with one attached hydrogen (secondary N) is 2. The van der Waals surface area contributed by atoms with E-state index in [1.807, 2.05) is 24.4 Å². The molecule has 10 heteroatoms. The summed E-state index contributed by atoms with van der Waals surface area (Å²) in [6.07, 6.45) is 7.74. The van der Waals surface area contributed by atoms with Crippen LogP contribution in [0.3, 0.4) is 0 Å². The van der Waals surface area contributed by atoms with E-state index >= 15 is 0 Å². The summed E-state index contributed by atoms with van der Waals surface area (Å²) in [7, 11) is 0. The van der Waals surface area contributed by atoms with E-state index in [0.29, 0.717) is 28.0 Å². The number of halogens is 1. The van der Waals surface area contributed by atoms with Crippen LogP contribution in [-0.2, 0) is 0 Å². The molecule has 0 aliphatic rings. The minimum Gasteiger partial charge on any atom is -0.382 e. The maximum atomic E-state index is 6.50. The van der Waals surface area contributed by atoms with E-state index in [4.69, 9.17) is 17.3 Å². The average molecular weight is 419 g/mol. The molecule has 5 aromatic rings. The predicted octanol–water partition coefficient (Wildman–Crippen LogP) is 3.59. The van der Waals surface area contributed by atoms with Crippen LogP contribution in [0, 0.1) is 0 Å². The molecule has 9 nitrogen and oxygen atoms in total. The second-order valence-electron chi connectivity index (χ2n) is 6.73. The Morgan fingerprint density at radius 3 is 2.83 bits per heavy atom. The van der Waals surface area contributed by atoms with E-state index in [2.05, 4.69) is 41.8 Å². The maximum Gasteiger partial charge on any atom is 0.163 e. The summed E-state index contributed by atoms with van der Waals surface area (Å²) < 4.78 is 0. The number of hydrogen-bond acceptors (Lipinski definition) is 6. The van der Waals surface area contributed by atoms with Gasteiger partial charge in [0, 0.05) is 52.7 Å². The Kier molecular flexibility index (Phi) is 5.06. The zero-order valence-corrected chi connectivity index (χ0v) is 16.7. The van der Waals surface area contributed by atoms with Crippen molar-refractivity contribution in [3.8, 4) is 11.1 Å². The molecular weight excluding hydrogens is 402 g/mol. The first-order chi connectivity index (χ1) is 14.2. The number of nitrogens with two attached hydrogens (primary N) is 1. The minimum atomic E-state index is -0.159. The summed E-state index contributed by atoms with van der Waals surface area (Å²) >= 11 is 6.50. The number of fused-ring (bicyclic) bond motifs is 2. The first-order valence-electron chi connectivity index (χ1n) is 9.20. The van der Waals surface area contributed by atoms with Gasteiger partial charge in [0.15, 0.2) is 11.5 Å². The molecule has 1 unspecified atom stereocenters. The molecule has 3 radical (unpaired) electrons. The fourth-order valence-corrected chi connectivity index (χ4v) is 3.86. The summed E-state index contributed by atoms with van der Waals surface area (Å²) in [6.45, 7) is 2.06. The van der Waals surface area contributed by atoms with Gasteiger partial charge in [-0.05, 0) is 24.6 Å². The largest absolute Gasteiger partial charge is 0.382 e. The highest BCUT2D eigenvalue weighted by molar-refractivity contribution is 6.30. The maximum absolute atomic E-state index is 6.50. The number of hydrogen-bond donors (Lipinski definition) is 3. The number of nitrogen functional groups attached to an aromatic ring is 1. The highest BCUT2D eigenvalue weighted by atomic mass is 35.5. The van der Waals surface area contributed by atoms with Gasteiger partial charge in [0.05, 0.1) is 6.33 Å². The van der Waals surface area contributed by atoms with Gasteiger partial charge in [-0.25, -0.2) is 24.9 Å². The number of aromatic amines is 2. The first-order valence-corrected chi connectivity index (χ1v) is 9.58. The molecule has 5 aromatic heterocycles. The zero-order valence-electron chi connectivity index (χ0n) is 16.0. The lowest BCUT2D eigenvalue weighted by Gasteiger charge is -2.16. The van der Waals surface area contributed by atoms with Crippen LogP contribution in [0.15, 0.2) is 43.1 Å². The molecule has 0 spiro atoms. The summed E-state index contributed by atoms with van der Waals surface area (Å²) in [6, 6.07) is 5.97. The van der Waals surface area contributed by atoms with Gasteiger partial charge in [-0.2, -0.15) is 0 Å². The Morgan fingerprint density at radius 1 is 1.13 bits per heavy atom. The molecular formula is C20H17ClN9. The van der Waals surface area contributed by atoms with Crippen molar-refractivity contribution in [2.75, 3.05) is 5.73 Å². The minimum absolute atomic E-state index is 0. The number of rotatable bonds is 4. The van der Waals surface area contributed by atoms with Crippen LogP contribution in [0.4, 0.5) is 5.82 Å². The molecule has 0 saturated heterocycles. The zero-order chi connectivity index (χ0) is 20.0. The Hall–Kier alpha value is -3.56. The standard InChI is InChI=1S/C20H17ClN8.N/c1-2-11(19-28-17(22)15-20(29-19)27-9-26-15)13-6-10(7-24-16(13)21)14-8-25-18-12(14)4-3-5-23-18;/h3-9,11H,2H2,1H3,(H,23,25)(H3,22,26,27,28,29);. The fourth-order valence-electron chi connectivity index (χ4n) is 3.62. The van der Waals surface area contributed by atoms with Crippen LogP contribution in [0.25, 0.3) is 33.3 Å². The van der Waals surface area contributed by atoms with Gasteiger partial charge in [0.25, 0.3) is 0 Å². The monoisotopic (exact) mass is 418 g/mol. The van der Waals surface area contributed by atoms with Gasteiger partial charge in [-0.3, -0.25) is 0 Å².